The number of esters is 2. The maximum absolute atomic E-state index is 14.0. The molecule has 0 spiro atoms. The van der Waals surface area contributed by atoms with Crippen molar-refractivity contribution in [3.63, 3.8) is 0 Å². The summed E-state index contributed by atoms with van der Waals surface area (Å²) in [4.78, 5) is 37.6. The van der Waals surface area contributed by atoms with Crippen LogP contribution in [0.15, 0.2) is 77.1 Å². The van der Waals surface area contributed by atoms with E-state index in [4.69, 9.17) is 25.8 Å². The number of alkyl carbamates (subject to hydrolysis) is 1. The van der Waals surface area contributed by atoms with Gasteiger partial charge in [0.15, 0.2) is 13.2 Å². The number of alkyl halides is 3. The maximum atomic E-state index is 14.0. The molecule has 2 aromatic carbocycles. The summed E-state index contributed by atoms with van der Waals surface area (Å²) >= 11 is 6.07. The van der Waals surface area contributed by atoms with Crippen LogP contribution in [-0.4, -0.2) is 82.0 Å². The third-order valence-electron chi connectivity index (χ3n) is 6.47. The van der Waals surface area contributed by atoms with Crippen LogP contribution >= 0.6 is 11.6 Å². The molecule has 1 amide bonds. The molecule has 4 N–H and O–H groups in total. The van der Waals surface area contributed by atoms with Crippen LogP contribution < -0.4 is 20.7 Å². The summed E-state index contributed by atoms with van der Waals surface area (Å²) in [5.74, 6) is 1.75. The zero-order chi connectivity index (χ0) is 34.4. The van der Waals surface area contributed by atoms with Crippen LogP contribution in [0.5, 0.6) is 5.75 Å². The van der Waals surface area contributed by atoms with Crippen LogP contribution in [0.1, 0.15) is 18.4 Å². The third kappa shape index (κ3) is 11.2. The van der Waals surface area contributed by atoms with Crippen molar-refractivity contribution in [1.82, 2.24) is 16.0 Å². The molecule has 0 saturated carbocycles. The summed E-state index contributed by atoms with van der Waals surface area (Å²) in [5.41, 5.74) is -2.56. The molecule has 0 fully saturated rings. The molecule has 1 heterocycles. The molecule has 47 heavy (non-hydrogen) atoms. The van der Waals surface area contributed by atoms with E-state index in [0.29, 0.717) is 12.3 Å². The fourth-order valence-corrected chi connectivity index (χ4v) is 4.59. The molecule has 15 heteroatoms. The van der Waals surface area contributed by atoms with Gasteiger partial charge in [0.1, 0.15) is 24.2 Å². The standard InChI is InChI=1S/C32H33ClF3N3O8/c1-20-25(26(21-9-8-10-22(33)17-21)27(29(41)44-2)28(39-20)32(34,35)36)30(42)45-15-6-7-16-46-31(43)38-14-13-37-18-23(40)19-47-24-11-4-3-5-12-24/h3-5,8-12,17,23,26,37,39-40H,13-16,18-19H2,1-2H3,(H,38,43). The fourth-order valence-electron chi connectivity index (χ4n) is 4.40. The van der Waals surface area contributed by atoms with Gasteiger partial charge in [-0.2, -0.15) is 13.2 Å². The SMILES string of the molecule is COC(=O)C1=C(C(F)(F)F)NC(C)=C(C(=O)OCC#CCOC(=O)NCCNCC(O)COc2ccccc2)C1c1cccc(Cl)c1. The molecule has 0 radical (unpaired) electrons. The average molecular weight is 680 g/mol. The van der Waals surface area contributed by atoms with Gasteiger partial charge in [0.25, 0.3) is 0 Å². The molecule has 1 aliphatic heterocycles. The number of carbonyl (C=O) groups is 3. The first-order chi connectivity index (χ1) is 22.4. The zero-order valence-corrected chi connectivity index (χ0v) is 26.2. The highest BCUT2D eigenvalue weighted by Crippen LogP contribution is 2.43. The molecule has 1 aliphatic rings. The van der Waals surface area contributed by atoms with Crippen molar-refractivity contribution in [1.29, 1.82) is 0 Å². The van der Waals surface area contributed by atoms with Crippen molar-refractivity contribution in [2.45, 2.75) is 25.1 Å². The number of hydrogen-bond acceptors (Lipinski definition) is 10. The molecule has 0 aromatic heterocycles. The number of benzene rings is 2. The molecular formula is C32H33ClF3N3O8. The van der Waals surface area contributed by atoms with E-state index < -0.39 is 54.1 Å². The number of aliphatic hydroxyl groups excluding tert-OH is 1. The Labute approximate surface area is 274 Å². The van der Waals surface area contributed by atoms with E-state index in [9.17, 15) is 32.7 Å². The predicted octanol–water partition coefficient (Wildman–Crippen LogP) is 3.59. The lowest BCUT2D eigenvalue weighted by Crippen LogP contribution is -2.38. The monoisotopic (exact) mass is 679 g/mol. The normalized spacial score (nSPS) is 15.1. The van der Waals surface area contributed by atoms with Crippen molar-refractivity contribution in [2.24, 2.45) is 0 Å². The van der Waals surface area contributed by atoms with Crippen molar-refractivity contribution in [2.75, 3.05) is 46.6 Å². The molecule has 2 atom stereocenters. The molecular weight excluding hydrogens is 647 g/mol. The summed E-state index contributed by atoms with van der Waals surface area (Å²) in [7, 11) is 0.923. The van der Waals surface area contributed by atoms with Gasteiger partial charge in [-0.3, -0.25) is 0 Å². The van der Waals surface area contributed by atoms with Crippen molar-refractivity contribution < 1.29 is 51.6 Å². The highest BCUT2D eigenvalue weighted by atomic mass is 35.5. The first kappa shape index (κ1) is 36.8. The van der Waals surface area contributed by atoms with Crippen LogP contribution in [-0.2, 0) is 23.8 Å². The summed E-state index contributed by atoms with van der Waals surface area (Å²) in [6.45, 7) is 1.29. The van der Waals surface area contributed by atoms with Gasteiger partial charge in [0.2, 0.25) is 0 Å². The molecule has 3 rings (SSSR count). The number of hydrogen-bond donors (Lipinski definition) is 4. The molecule has 0 bridgehead atoms. The smallest absolute Gasteiger partial charge is 0.431 e. The number of carbonyl (C=O) groups excluding carboxylic acids is 3. The highest BCUT2D eigenvalue weighted by Gasteiger charge is 2.47. The van der Waals surface area contributed by atoms with Gasteiger partial charge in [0, 0.05) is 30.4 Å². The number of methoxy groups -OCH3 is 1. The zero-order valence-electron chi connectivity index (χ0n) is 25.4. The Morgan fingerprint density at radius 3 is 2.36 bits per heavy atom. The Hall–Kier alpha value is -4.71. The second kappa shape index (κ2) is 17.8. The van der Waals surface area contributed by atoms with Crippen LogP contribution in [0.4, 0.5) is 18.0 Å². The molecule has 0 saturated heterocycles. The maximum Gasteiger partial charge on any atom is 0.431 e. The first-order valence-electron chi connectivity index (χ1n) is 14.1. The van der Waals surface area contributed by atoms with Crippen LogP contribution in [0.25, 0.3) is 0 Å². The lowest BCUT2D eigenvalue weighted by molar-refractivity contribution is -0.139. The summed E-state index contributed by atoms with van der Waals surface area (Å²) in [6, 6.07) is 14.7. The number of allylic oxidation sites excluding steroid dienone is 2. The number of aliphatic hydroxyl groups is 1. The first-order valence-corrected chi connectivity index (χ1v) is 14.5. The Bertz CT molecular complexity index is 1540. The Balaban J connectivity index is 1.48. The van der Waals surface area contributed by atoms with Gasteiger partial charge in [0.05, 0.1) is 24.2 Å². The topological polar surface area (TPSA) is 144 Å². The van der Waals surface area contributed by atoms with E-state index in [1.807, 2.05) is 18.2 Å². The number of amides is 1. The van der Waals surface area contributed by atoms with Crippen LogP contribution in [0, 0.1) is 11.8 Å². The van der Waals surface area contributed by atoms with Crippen LogP contribution in [0.2, 0.25) is 5.02 Å². The predicted molar refractivity (Wildman–Crippen MR) is 164 cm³/mol. The van der Waals surface area contributed by atoms with Crippen molar-refractivity contribution in [3.05, 3.63) is 87.7 Å². The van der Waals surface area contributed by atoms with Crippen molar-refractivity contribution >= 4 is 29.6 Å². The summed E-state index contributed by atoms with van der Waals surface area (Å²) in [5, 5.41) is 17.7. The van der Waals surface area contributed by atoms with Gasteiger partial charge < -0.3 is 40.0 Å². The quantitative estimate of drug-likeness (QED) is 0.107. The molecule has 2 unspecified atom stereocenters. The van der Waals surface area contributed by atoms with E-state index in [-0.39, 0.29) is 48.2 Å². The van der Waals surface area contributed by atoms with E-state index in [1.165, 1.54) is 31.2 Å². The largest absolute Gasteiger partial charge is 0.491 e. The number of para-hydroxylation sites is 1. The minimum Gasteiger partial charge on any atom is -0.491 e. The van der Waals surface area contributed by atoms with Crippen molar-refractivity contribution in [3.8, 4) is 17.6 Å². The Morgan fingerprint density at radius 2 is 1.70 bits per heavy atom. The van der Waals surface area contributed by atoms with Gasteiger partial charge in [-0.05, 0) is 36.8 Å². The number of dihydropyridines is 1. The minimum atomic E-state index is -4.98. The second-order valence-electron chi connectivity index (χ2n) is 9.84. The van der Waals surface area contributed by atoms with Gasteiger partial charge in [-0.15, -0.1) is 0 Å². The van der Waals surface area contributed by atoms with Gasteiger partial charge in [-0.25, -0.2) is 14.4 Å². The third-order valence-corrected chi connectivity index (χ3v) is 6.70. The fraction of sp³-hybridized carbons (Fsp3) is 0.344. The number of rotatable bonds is 13. The van der Waals surface area contributed by atoms with Crippen LogP contribution in [0.3, 0.4) is 0 Å². The molecule has 252 valence electrons. The van der Waals surface area contributed by atoms with E-state index >= 15 is 0 Å². The van der Waals surface area contributed by atoms with Gasteiger partial charge in [-0.1, -0.05) is 53.8 Å². The number of halogens is 4. The molecule has 0 aliphatic carbocycles. The second-order valence-corrected chi connectivity index (χ2v) is 10.3. The lowest BCUT2D eigenvalue weighted by Gasteiger charge is -2.32. The highest BCUT2D eigenvalue weighted by molar-refractivity contribution is 6.30. The number of nitrogens with one attached hydrogen (secondary N) is 3. The van der Waals surface area contributed by atoms with E-state index in [2.05, 4.69) is 32.5 Å². The molecule has 11 nitrogen and oxygen atoms in total. The van der Waals surface area contributed by atoms with Gasteiger partial charge >= 0.3 is 24.2 Å². The summed E-state index contributed by atoms with van der Waals surface area (Å²) < 4.78 is 62.1. The van der Waals surface area contributed by atoms with E-state index in [0.717, 1.165) is 7.11 Å². The molecule has 2 aromatic rings. The average Bonchev–Trinajstić information content (AvgIpc) is 3.04. The number of ether oxygens (including phenoxy) is 4. The Kier molecular flexibility index (Phi) is 14.0. The van der Waals surface area contributed by atoms with E-state index in [1.54, 1.807) is 12.1 Å². The summed E-state index contributed by atoms with van der Waals surface area (Å²) in [6.07, 6.45) is -6.49. The lowest BCUT2D eigenvalue weighted by atomic mass is 9.80. The minimum absolute atomic E-state index is 0.0988. The Morgan fingerprint density at radius 1 is 1.00 bits per heavy atom.